The van der Waals surface area contributed by atoms with Crippen molar-refractivity contribution in [1.82, 2.24) is 0 Å². The Morgan fingerprint density at radius 3 is 2.62 bits per heavy atom. The van der Waals surface area contributed by atoms with Crippen molar-refractivity contribution in [3.8, 4) is 11.5 Å². The Morgan fingerprint density at radius 2 is 2.00 bits per heavy atom. The molecule has 0 aromatic heterocycles. The zero-order chi connectivity index (χ0) is 15.2. The fourth-order valence-corrected chi connectivity index (χ4v) is 3.50. The molecule has 0 saturated heterocycles. The van der Waals surface area contributed by atoms with E-state index in [1.54, 1.807) is 0 Å². The van der Waals surface area contributed by atoms with Crippen LogP contribution in [0.2, 0.25) is 0 Å². The highest BCUT2D eigenvalue weighted by molar-refractivity contribution is 9.10. The van der Waals surface area contributed by atoms with E-state index in [1.165, 1.54) is 31.2 Å². The smallest absolute Gasteiger partial charge is 0.175 e. The highest BCUT2D eigenvalue weighted by atomic mass is 79.9. The Bertz CT molecular complexity index is 456. The zero-order valence-electron chi connectivity index (χ0n) is 13.0. The van der Waals surface area contributed by atoms with E-state index in [0.717, 1.165) is 29.0 Å². The van der Waals surface area contributed by atoms with Crippen molar-refractivity contribution in [2.24, 2.45) is 11.7 Å². The van der Waals surface area contributed by atoms with Gasteiger partial charge in [-0.15, -0.1) is 0 Å². The van der Waals surface area contributed by atoms with Crippen LogP contribution in [-0.2, 0) is 6.42 Å². The van der Waals surface area contributed by atoms with Crippen molar-refractivity contribution in [1.29, 1.82) is 0 Å². The minimum absolute atomic E-state index is 0.136. The Balaban J connectivity index is 2.13. The molecular weight excluding hydrogens is 330 g/mol. The molecule has 118 valence electrons. The second kappa shape index (κ2) is 8.04. The van der Waals surface area contributed by atoms with Gasteiger partial charge in [0, 0.05) is 6.04 Å². The molecule has 0 spiro atoms. The normalized spacial score (nSPS) is 17.0. The van der Waals surface area contributed by atoms with E-state index < -0.39 is 0 Å². The highest BCUT2D eigenvalue weighted by Crippen LogP contribution is 2.38. The van der Waals surface area contributed by atoms with E-state index in [4.69, 9.17) is 15.2 Å². The third kappa shape index (κ3) is 4.89. The molecule has 3 nitrogen and oxygen atoms in total. The van der Waals surface area contributed by atoms with Crippen LogP contribution in [0.4, 0.5) is 0 Å². The van der Waals surface area contributed by atoms with Crippen LogP contribution in [0.25, 0.3) is 0 Å². The molecule has 1 aromatic rings. The van der Waals surface area contributed by atoms with Gasteiger partial charge in [-0.1, -0.05) is 12.8 Å². The second-order valence-electron chi connectivity index (χ2n) is 5.98. The van der Waals surface area contributed by atoms with Gasteiger partial charge in [-0.05, 0) is 72.7 Å². The monoisotopic (exact) mass is 355 g/mol. The first-order chi connectivity index (χ1) is 10.1. The quantitative estimate of drug-likeness (QED) is 0.792. The van der Waals surface area contributed by atoms with Gasteiger partial charge in [0.05, 0.1) is 17.7 Å². The summed E-state index contributed by atoms with van der Waals surface area (Å²) in [7, 11) is 0. The summed E-state index contributed by atoms with van der Waals surface area (Å²) < 4.78 is 12.8. The lowest BCUT2D eigenvalue weighted by atomic mass is 10.1. The maximum Gasteiger partial charge on any atom is 0.175 e. The van der Waals surface area contributed by atoms with Gasteiger partial charge < -0.3 is 15.2 Å². The maximum absolute atomic E-state index is 6.06. The summed E-state index contributed by atoms with van der Waals surface area (Å²) in [6, 6.07) is 4.29. The van der Waals surface area contributed by atoms with Crippen LogP contribution >= 0.6 is 15.9 Å². The predicted molar refractivity (Wildman–Crippen MR) is 90.1 cm³/mol. The van der Waals surface area contributed by atoms with Gasteiger partial charge in [-0.3, -0.25) is 0 Å². The predicted octanol–water partition coefficient (Wildman–Crippen LogP) is 4.31. The van der Waals surface area contributed by atoms with Crippen LogP contribution in [0.1, 0.15) is 45.1 Å². The van der Waals surface area contributed by atoms with E-state index >= 15 is 0 Å². The Labute approximate surface area is 136 Å². The topological polar surface area (TPSA) is 44.5 Å². The van der Waals surface area contributed by atoms with Crippen LogP contribution in [0.5, 0.6) is 11.5 Å². The number of benzene rings is 1. The molecule has 1 atom stereocenters. The molecule has 0 aliphatic heterocycles. The van der Waals surface area contributed by atoms with Crippen molar-refractivity contribution in [2.45, 2.75) is 52.0 Å². The summed E-state index contributed by atoms with van der Waals surface area (Å²) >= 11 is 3.62. The molecule has 0 heterocycles. The molecule has 0 amide bonds. The number of ether oxygens (including phenoxy) is 2. The number of halogens is 1. The van der Waals surface area contributed by atoms with Crippen molar-refractivity contribution in [3.63, 3.8) is 0 Å². The molecule has 1 aromatic carbocycles. The molecule has 0 bridgehead atoms. The van der Waals surface area contributed by atoms with Crippen LogP contribution < -0.4 is 15.2 Å². The summed E-state index contributed by atoms with van der Waals surface area (Å²) in [5.74, 6) is 2.34. The van der Waals surface area contributed by atoms with Gasteiger partial charge in [0.25, 0.3) is 0 Å². The maximum atomic E-state index is 6.06. The first-order valence-electron chi connectivity index (χ1n) is 7.93. The van der Waals surface area contributed by atoms with Gasteiger partial charge in [0.15, 0.2) is 11.5 Å². The van der Waals surface area contributed by atoms with Crippen molar-refractivity contribution < 1.29 is 9.47 Å². The van der Waals surface area contributed by atoms with Crippen LogP contribution in [-0.4, -0.2) is 19.3 Å². The van der Waals surface area contributed by atoms with E-state index in [-0.39, 0.29) is 6.04 Å². The van der Waals surface area contributed by atoms with Gasteiger partial charge in [0.2, 0.25) is 0 Å². The molecule has 1 fully saturated rings. The highest BCUT2D eigenvalue weighted by Gasteiger charge is 2.18. The molecule has 1 saturated carbocycles. The molecule has 2 N–H and O–H groups in total. The first-order valence-corrected chi connectivity index (χ1v) is 8.73. The van der Waals surface area contributed by atoms with Crippen LogP contribution in [0.15, 0.2) is 16.6 Å². The summed E-state index contributed by atoms with van der Waals surface area (Å²) in [5.41, 5.74) is 7.07. The lowest BCUT2D eigenvalue weighted by molar-refractivity contribution is 0.232. The molecule has 1 unspecified atom stereocenters. The largest absolute Gasteiger partial charge is 0.490 e. The standard InChI is InChI=1S/C17H26BrNO2/c1-3-20-16-10-14(8-12(2)19)9-15(18)17(16)21-11-13-6-4-5-7-13/h9-10,12-13H,3-8,11,19H2,1-2H3. The first kappa shape index (κ1) is 16.6. The number of hydrogen-bond donors (Lipinski definition) is 1. The Kier molecular flexibility index (Phi) is 6.37. The van der Waals surface area contributed by atoms with Crippen LogP contribution in [0, 0.1) is 5.92 Å². The zero-order valence-corrected chi connectivity index (χ0v) is 14.6. The van der Waals surface area contributed by atoms with Crippen molar-refractivity contribution in [2.75, 3.05) is 13.2 Å². The summed E-state index contributed by atoms with van der Waals surface area (Å²) in [4.78, 5) is 0. The average Bonchev–Trinajstić information content (AvgIpc) is 2.90. The average molecular weight is 356 g/mol. The number of hydrogen-bond acceptors (Lipinski definition) is 3. The van der Waals surface area contributed by atoms with E-state index in [1.807, 2.05) is 13.8 Å². The molecule has 21 heavy (non-hydrogen) atoms. The minimum atomic E-state index is 0.136. The lowest BCUT2D eigenvalue weighted by Crippen LogP contribution is -2.18. The van der Waals surface area contributed by atoms with Gasteiger partial charge in [-0.2, -0.15) is 0 Å². The fraction of sp³-hybridized carbons (Fsp3) is 0.647. The van der Waals surface area contributed by atoms with E-state index in [9.17, 15) is 0 Å². The molecule has 1 aliphatic rings. The van der Waals surface area contributed by atoms with Crippen molar-refractivity contribution >= 4 is 15.9 Å². The third-order valence-corrected chi connectivity index (χ3v) is 4.45. The number of nitrogens with two attached hydrogens (primary N) is 1. The van der Waals surface area contributed by atoms with Gasteiger partial charge in [0.1, 0.15) is 0 Å². The number of rotatable bonds is 7. The Morgan fingerprint density at radius 1 is 1.29 bits per heavy atom. The van der Waals surface area contributed by atoms with Gasteiger partial charge >= 0.3 is 0 Å². The molecule has 1 aliphatic carbocycles. The molecule has 4 heteroatoms. The Hall–Kier alpha value is -0.740. The lowest BCUT2D eigenvalue weighted by Gasteiger charge is -2.18. The fourth-order valence-electron chi connectivity index (χ4n) is 2.89. The molecule has 2 rings (SSSR count). The van der Waals surface area contributed by atoms with E-state index in [2.05, 4.69) is 28.1 Å². The SMILES string of the molecule is CCOc1cc(CC(C)N)cc(Br)c1OCC1CCCC1. The summed E-state index contributed by atoms with van der Waals surface area (Å²) in [6.45, 7) is 5.42. The van der Waals surface area contributed by atoms with E-state index in [0.29, 0.717) is 12.5 Å². The van der Waals surface area contributed by atoms with Crippen molar-refractivity contribution in [3.05, 3.63) is 22.2 Å². The van der Waals surface area contributed by atoms with Gasteiger partial charge in [-0.25, -0.2) is 0 Å². The third-order valence-electron chi connectivity index (χ3n) is 3.86. The second-order valence-corrected chi connectivity index (χ2v) is 6.84. The van der Waals surface area contributed by atoms with Crippen LogP contribution in [0.3, 0.4) is 0 Å². The minimum Gasteiger partial charge on any atom is -0.490 e. The summed E-state index contributed by atoms with van der Waals surface area (Å²) in [5, 5.41) is 0. The molecular formula is C17H26BrNO2. The summed E-state index contributed by atoms with van der Waals surface area (Å²) in [6.07, 6.45) is 6.07. The molecule has 0 radical (unpaired) electrons.